The van der Waals surface area contributed by atoms with E-state index in [2.05, 4.69) is 32.9 Å². The molecule has 0 saturated heterocycles. The molecule has 2 aliphatic rings. The molecule has 0 aromatic heterocycles. The van der Waals surface area contributed by atoms with Crippen LogP contribution in [-0.2, 0) is 11.2 Å². The van der Waals surface area contributed by atoms with E-state index in [0.717, 1.165) is 37.0 Å². The molecule has 1 aromatic rings. The van der Waals surface area contributed by atoms with E-state index in [1.165, 1.54) is 76.2 Å². The number of benzene rings is 1. The van der Waals surface area contributed by atoms with Crippen LogP contribution in [0.25, 0.3) is 0 Å². The normalized spacial score (nSPS) is 27.6. The van der Waals surface area contributed by atoms with E-state index in [1.807, 2.05) is 12.1 Å². The van der Waals surface area contributed by atoms with E-state index in [-0.39, 0.29) is 11.9 Å². The second-order valence-electron chi connectivity index (χ2n) is 10.7. The van der Waals surface area contributed by atoms with Crippen molar-refractivity contribution in [3.8, 4) is 5.75 Å². The lowest BCUT2D eigenvalue weighted by atomic mass is 9.68. The van der Waals surface area contributed by atoms with Gasteiger partial charge in [0.05, 0.1) is 5.92 Å². The van der Waals surface area contributed by atoms with Crippen molar-refractivity contribution in [1.82, 2.24) is 0 Å². The van der Waals surface area contributed by atoms with Crippen molar-refractivity contribution < 1.29 is 9.53 Å². The fourth-order valence-electron chi connectivity index (χ4n) is 5.90. The molecule has 0 N–H and O–H groups in total. The zero-order valence-electron chi connectivity index (χ0n) is 20.4. The number of unbranched alkanes of at least 4 members (excludes halogenated alkanes) is 2. The molecule has 0 heterocycles. The van der Waals surface area contributed by atoms with E-state index in [4.69, 9.17) is 4.74 Å². The summed E-state index contributed by atoms with van der Waals surface area (Å²) in [7, 11) is 0. The maximum absolute atomic E-state index is 12.7. The van der Waals surface area contributed by atoms with Crippen LogP contribution >= 0.6 is 0 Å². The second kappa shape index (κ2) is 12.7. The molecule has 0 radical (unpaired) electrons. The third kappa shape index (κ3) is 7.65. The lowest BCUT2D eigenvalue weighted by Gasteiger charge is -2.37. The molecule has 0 amide bonds. The molecule has 31 heavy (non-hydrogen) atoms. The highest BCUT2D eigenvalue weighted by molar-refractivity contribution is 5.75. The van der Waals surface area contributed by atoms with Crippen LogP contribution in [-0.4, -0.2) is 5.97 Å². The van der Waals surface area contributed by atoms with Gasteiger partial charge in [0, 0.05) is 0 Å². The predicted octanol–water partition coefficient (Wildman–Crippen LogP) is 8.37. The lowest BCUT2D eigenvalue weighted by Crippen LogP contribution is -2.30. The quantitative estimate of drug-likeness (QED) is 0.213. The van der Waals surface area contributed by atoms with Crippen molar-refractivity contribution in [3.63, 3.8) is 0 Å². The monoisotopic (exact) mass is 426 g/mol. The van der Waals surface area contributed by atoms with Gasteiger partial charge in [0.1, 0.15) is 5.75 Å². The fraction of sp³-hybridized carbons (Fsp3) is 0.759. The van der Waals surface area contributed by atoms with Gasteiger partial charge in [-0.3, -0.25) is 4.79 Å². The first-order valence-corrected chi connectivity index (χ1v) is 13.4. The Labute approximate surface area is 191 Å². The first-order chi connectivity index (χ1) is 15.1. The molecule has 2 fully saturated rings. The Balaban J connectivity index is 1.37. The summed E-state index contributed by atoms with van der Waals surface area (Å²) in [5.74, 6) is 4.25. The van der Waals surface area contributed by atoms with Crippen LogP contribution in [0, 0.1) is 29.6 Å². The third-order valence-corrected chi connectivity index (χ3v) is 8.30. The van der Waals surface area contributed by atoms with Crippen LogP contribution in [0.4, 0.5) is 0 Å². The topological polar surface area (TPSA) is 26.3 Å². The molecule has 2 aliphatic carbocycles. The van der Waals surface area contributed by atoms with Gasteiger partial charge in [0.25, 0.3) is 0 Å². The summed E-state index contributed by atoms with van der Waals surface area (Å²) < 4.78 is 5.74. The second-order valence-corrected chi connectivity index (χ2v) is 10.7. The van der Waals surface area contributed by atoms with E-state index in [0.29, 0.717) is 11.7 Å². The maximum atomic E-state index is 12.7. The van der Waals surface area contributed by atoms with Crippen molar-refractivity contribution in [2.75, 3.05) is 0 Å². The number of carbonyl (C=O) groups excluding carboxylic acids is 1. The molecular formula is C29H46O2. The molecule has 0 spiro atoms. The Morgan fingerprint density at radius 2 is 1.52 bits per heavy atom. The molecule has 2 saturated carbocycles. The van der Waals surface area contributed by atoms with E-state index >= 15 is 0 Å². The molecule has 1 unspecified atom stereocenters. The van der Waals surface area contributed by atoms with Crippen molar-refractivity contribution in [2.24, 2.45) is 29.6 Å². The molecule has 174 valence electrons. The van der Waals surface area contributed by atoms with E-state index in [1.54, 1.807) is 0 Å². The van der Waals surface area contributed by atoms with Gasteiger partial charge in [0.15, 0.2) is 0 Å². The molecule has 1 aromatic carbocycles. The highest BCUT2D eigenvalue weighted by Gasteiger charge is 2.33. The summed E-state index contributed by atoms with van der Waals surface area (Å²) in [4.78, 5) is 12.7. The van der Waals surface area contributed by atoms with Crippen LogP contribution in [0.5, 0.6) is 5.75 Å². The molecule has 0 aliphatic heterocycles. The van der Waals surface area contributed by atoms with Gasteiger partial charge in [-0.25, -0.2) is 0 Å². The standard InChI is InChI=1S/C29H46O2/c1-4-6-7-8-23-9-13-25(14-10-23)26-15-17-27(18-16-26)29(30)31-28-19-11-24(12-20-28)21-22(3)5-2/h11-12,19-20,22-23,25-27H,4-10,13-18,21H2,1-3H3. The largest absolute Gasteiger partial charge is 0.426 e. The molecule has 2 nitrogen and oxygen atoms in total. The maximum Gasteiger partial charge on any atom is 0.314 e. The molecule has 2 heteroatoms. The summed E-state index contributed by atoms with van der Waals surface area (Å²) in [5, 5.41) is 0. The van der Waals surface area contributed by atoms with Crippen LogP contribution in [0.15, 0.2) is 24.3 Å². The average Bonchev–Trinajstić information content (AvgIpc) is 2.81. The molecular weight excluding hydrogens is 380 g/mol. The van der Waals surface area contributed by atoms with Gasteiger partial charge in [-0.15, -0.1) is 0 Å². The van der Waals surface area contributed by atoms with Gasteiger partial charge >= 0.3 is 5.97 Å². The number of carbonyl (C=O) groups is 1. The molecule has 1 atom stereocenters. The molecule has 3 rings (SSSR count). The number of hydrogen-bond acceptors (Lipinski definition) is 2. The SMILES string of the molecule is CCCCCC1CCC(C2CCC(C(=O)Oc3ccc(CC(C)CC)cc3)CC2)CC1. The smallest absolute Gasteiger partial charge is 0.314 e. The minimum absolute atomic E-state index is 0.00671. The van der Waals surface area contributed by atoms with E-state index < -0.39 is 0 Å². The Morgan fingerprint density at radius 3 is 2.10 bits per heavy atom. The first-order valence-electron chi connectivity index (χ1n) is 13.4. The zero-order chi connectivity index (χ0) is 22.1. The first kappa shape index (κ1) is 24.3. The summed E-state index contributed by atoms with van der Waals surface area (Å²) >= 11 is 0. The summed E-state index contributed by atoms with van der Waals surface area (Å²) in [6, 6.07) is 8.18. The minimum atomic E-state index is -0.00671. The highest BCUT2D eigenvalue weighted by atomic mass is 16.5. The molecule has 0 bridgehead atoms. The fourth-order valence-corrected chi connectivity index (χ4v) is 5.90. The van der Waals surface area contributed by atoms with Crippen LogP contribution in [0.1, 0.15) is 110 Å². The van der Waals surface area contributed by atoms with E-state index in [9.17, 15) is 4.79 Å². The van der Waals surface area contributed by atoms with Gasteiger partial charge in [0.2, 0.25) is 0 Å². The summed E-state index contributed by atoms with van der Waals surface area (Å²) in [5.41, 5.74) is 1.33. The zero-order valence-corrected chi connectivity index (χ0v) is 20.4. The average molecular weight is 427 g/mol. The Kier molecular flexibility index (Phi) is 9.94. The van der Waals surface area contributed by atoms with Crippen LogP contribution < -0.4 is 4.74 Å². The Bertz CT molecular complexity index is 633. The highest BCUT2D eigenvalue weighted by Crippen LogP contribution is 2.42. The van der Waals surface area contributed by atoms with Crippen molar-refractivity contribution in [3.05, 3.63) is 29.8 Å². The van der Waals surface area contributed by atoms with Gasteiger partial charge in [-0.1, -0.05) is 77.8 Å². The van der Waals surface area contributed by atoms with Gasteiger partial charge < -0.3 is 4.74 Å². The summed E-state index contributed by atoms with van der Waals surface area (Å²) in [6.45, 7) is 6.81. The number of rotatable bonds is 10. The van der Waals surface area contributed by atoms with Crippen molar-refractivity contribution in [2.45, 2.75) is 111 Å². The Hall–Kier alpha value is -1.31. The Morgan fingerprint density at radius 1 is 0.903 bits per heavy atom. The van der Waals surface area contributed by atoms with Crippen LogP contribution in [0.2, 0.25) is 0 Å². The number of hydrogen-bond donors (Lipinski definition) is 0. The minimum Gasteiger partial charge on any atom is -0.426 e. The van der Waals surface area contributed by atoms with Gasteiger partial charge in [-0.2, -0.15) is 0 Å². The van der Waals surface area contributed by atoms with Gasteiger partial charge in [-0.05, 0) is 86.3 Å². The number of esters is 1. The number of ether oxygens (including phenoxy) is 1. The lowest BCUT2D eigenvalue weighted by molar-refractivity contribution is -0.140. The summed E-state index contributed by atoms with van der Waals surface area (Å²) in [6.07, 6.45) is 18.2. The predicted molar refractivity (Wildman–Crippen MR) is 130 cm³/mol. The van der Waals surface area contributed by atoms with Crippen molar-refractivity contribution in [1.29, 1.82) is 0 Å². The van der Waals surface area contributed by atoms with Crippen molar-refractivity contribution >= 4 is 5.97 Å². The van der Waals surface area contributed by atoms with Crippen LogP contribution in [0.3, 0.4) is 0 Å². The third-order valence-electron chi connectivity index (χ3n) is 8.30.